The first-order valence-electron chi connectivity index (χ1n) is 7.20. The highest BCUT2D eigenvalue weighted by Crippen LogP contribution is 2.19. The quantitative estimate of drug-likeness (QED) is 0.702. The Morgan fingerprint density at radius 1 is 1.39 bits per heavy atom. The van der Waals surface area contributed by atoms with Crippen LogP contribution in [-0.4, -0.2) is 36.7 Å². The molecule has 7 heteroatoms. The number of nitrogens with zero attached hydrogens (tertiary/aromatic N) is 1. The number of aromatic nitrogens is 1. The van der Waals surface area contributed by atoms with Crippen LogP contribution in [0.1, 0.15) is 12.0 Å². The number of fused-ring (bicyclic) bond motifs is 1. The minimum atomic E-state index is -0.777. The lowest BCUT2D eigenvalue weighted by atomic mass is 10.0. The average Bonchev–Trinajstić information content (AvgIpc) is 2.97. The zero-order valence-electron chi connectivity index (χ0n) is 12.8. The molecule has 23 heavy (non-hydrogen) atoms. The van der Waals surface area contributed by atoms with E-state index in [2.05, 4.69) is 20.4 Å². The number of hydrogen-bond donors (Lipinski definition) is 3. The summed E-state index contributed by atoms with van der Waals surface area (Å²) in [5.74, 6) is -0.351. The molecule has 0 saturated heterocycles. The average molecular weight is 314 g/mol. The lowest BCUT2D eigenvalue weighted by molar-refractivity contribution is -0.122. The van der Waals surface area contributed by atoms with Gasteiger partial charge in [-0.1, -0.05) is 18.2 Å². The number of methoxy groups -OCH3 is 1. The van der Waals surface area contributed by atoms with E-state index in [4.69, 9.17) is 5.26 Å². The van der Waals surface area contributed by atoms with E-state index in [1.54, 1.807) is 0 Å². The highest BCUT2D eigenvalue weighted by atomic mass is 16.5. The largest absolute Gasteiger partial charge is 0.453 e. The fraction of sp³-hybridized carbons (Fsp3) is 0.312. The van der Waals surface area contributed by atoms with Crippen LogP contribution in [0.2, 0.25) is 0 Å². The Hall–Kier alpha value is -3.01. The lowest BCUT2D eigenvalue weighted by Gasteiger charge is -2.17. The fourth-order valence-electron chi connectivity index (χ4n) is 2.30. The van der Waals surface area contributed by atoms with E-state index < -0.39 is 12.1 Å². The molecule has 0 radical (unpaired) electrons. The zero-order chi connectivity index (χ0) is 16.7. The van der Waals surface area contributed by atoms with Crippen molar-refractivity contribution >= 4 is 22.9 Å². The summed E-state index contributed by atoms with van der Waals surface area (Å²) in [6, 6.07) is 8.89. The molecule has 1 unspecified atom stereocenters. The highest BCUT2D eigenvalue weighted by Gasteiger charge is 2.22. The fourth-order valence-corrected chi connectivity index (χ4v) is 2.30. The Labute approximate surface area is 133 Å². The second-order valence-electron chi connectivity index (χ2n) is 4.95. The molecule has 1 aromatic heterocycles. The maximum absolute atomic E-state index is 12.2. The van der Waals surface area contributed by atoms with Crippen LogP contribution in [0.3, 0.4) is 0 Å². The standard InChI is InChI=1S/C16H18N4O3/c1-23-16(22)20-14(15(21)18-8-4-7-17)9-11-10-19-13-6-3-2-5-12(11)13/h2-3,5-6,10,14,19H,4,8-9H2,1H3,(H,18,21)(H,20,22). The maximum Gasteiger partial charge on any atom is 0.407 e. The Kier molecular flexibility index (Phi) is 5.58. The molecule has 2 amide bonds. The molecule has 7 nitrogen and oxygen atoms in total. The summed E-state index contributed by atoms with van der Waals surface area (Å²) >= 11 is 0. The topological polar surface area (TPSA) is 107 Å². The van der Waals surface area contributed by atoms with Crippen LogP contribution in [0.15, 0.2) is 30.5 Å². The van der Waals surface area contributed by atoms with Crippen molar-refractivity contribution in [3.8, 4) is 6.07 Å². The second kappa shape index (κ2) is 7.84. The van der Waals surface area contributed by atoms with Crippen molar-refractivity contribution < 1.29 is 14.3 Å². The van der Waals surface area contributed by atoms with Gasteiger partial charge in [-0.25, -0.2) is 4.79 Å². The lowest BCUT2D eigenvalue weighted by Crippen LogP contribution is -2.48. The third kappa shape index (κ3) is 4.23. The van der Waals surface area contributed by atoms with E-state index in [0.29, 0.717) is 6.42 Å². The normalized spacial score (nSPS) is 11.5. The number of amides is 2. The first kappa shape index (κ1) is 16.4. The van der Waals surface area contributed by atoms with Gasteiger partial charge in [0, 0.05) is 30.1 Å². The molecule has 0 aliphatic heterocycles. The molecule has 1 heterocycles. The number of rotatable bonds is 6. The maximum atomic E-state index is 12.2. The van der Waals surface area contributed by atoms with Gasteiger partial charge in [0.15, 0.2) is 0 Å². The Bertz CT molecular complexity index is 732. The first-order chi connectivity index (χ1) is 11.2. The number of nitrogens with one attached hydrogen (secondary N) is 3. The molecule has 0 bridgehead atoms. The predicted molar refractivity (Wildman–Crippen MR) is 84.6 cm³/mol. The monoisotopic (exact) mass is 314 g/mol. The van der Waals surface area contributed by atoms with Gasteiger partial charge in [0.1, 0.15) is 6.04 Å². The number of carbonyl (C=O) groups excluding carboxylic acids is 2. The number of nitriles is 1. The van der Waals surface area contributed by atoms with Gasteiger partial charge < -0.3 is 20.4 Å². The summed E-state index contributed by atoms with van der Waals surface area (Å²) in [4.78, 5) is 26.8. The smallest absolute Gasteiger partial charge is 0.407 e. The minimum Gasteiger partial charge on any atom is -0.453 e. The number of carbonyl (C=O) groups is 2. The van der Waals surface area contributed by atoms with Crippen LogP contribution in [-0.2, 0) is 16.0 Å². The molecule has 2 aromatic rings. The minimum absolute atomic E-state index is 0.212. The molecular formula is C16H18N4O3. The third-order valence-electron chi connectivity index (χ3n) is 3.43. The van der Waals surface area contributed by atoms with Crippen molar-refractivity contribution in [2.45, 2.75) is 18.9 Å². The van der Waals surface area contributed by atoms with Crippen molar-refractivity contribution in [2.75, 3.05) is 13.7 Å². The van der Waals surface area contributed by atoms with Crippen LogP contribution in [0.4, 0.5) is 4.79 Å². The summed E-state index contributed by atoms with van der Waals surface area (Å²) in [5, 5.41) is 14.7. The Morgan fingerprint density at radius 3 is 2.91 bits per heavy atom. The van der Waals surface area contributed by atoms with E-state index in [0.717, 1.165) is 16.5 Å². The van der Waals surface area contributed by atoms with Gasteiger partial charge in [-0.15, -0.1) is 0 Å². The van der Waals surface area contributed by atoms with Gasteiger partial charge >= 0.3 is 6.09 Å². The van der Waals surface area contributed by atoms with E-state index in [1.807, 2.05) is 36.5 Å². The van der Waals surface area contributed by atoms with E-state index >= 15 is 0 Å². The van der Waals surface area contributed by atoms with Crippen LogP contribution in [0.25, 0.3) is 10.9 Å². The summed E-state index contributed by atoms with van der Waals surface area (Å²) in [5.41, 5.74) is 1.88. The first-order valence-corrected chi connectivity index (χ1v) is 7.20. The van der Waals surface area contributed by atoms with Gasteiger partial charge in [-0.3, -0.25) is 4.79 Å². The summed E-state index contributed by atoms with van der Waals surface area (Å²) in [7, 11) is 1.24. The molecule has 0 spiro atoms. The molecule has 0 aliphatic carbocycles. The number of benzene rings is 1. The van der Waals surface area contributed by atoms with Gasteiger partial charge in [-0.2, -0.15) is 5.26 Å². The van der Waals surface area contributed by atoms with Gasteiger partial charge in [0.25, 0.3) is 0 Å². The SMILES string of the molecule is COC(=O)NC(Cc1c[nH]c2ccccc12)C(=O)NCCC#N. The third-order valence-corrected chi connectivity index (χ3v) is 3.43. The number of H-pyrrole nitrogens is 1. The van der Waals surface area contributed by atoms with Crippen LogP contribution >= 0.6 is 0 Å². The van der Waals surface area contributed by atoms with Crippen LogP contribution in [0.5, 0.6) is 0 Å². The van der Waals surface area contributed by atoms with Crippen molar-refractivity contribution in [2.24, 2.45) is 0 Å². The molecule has 3 N–H and O–H groups in total. The van der Waals surface area contributed by atoms with Crippen molar-refractivity contribution in [1.82, 2.24) is 15.6 Å². The van der Waals surface area contributed by atoms with Gasteiger partial charge in [-0.05, 0) is 11.6 Å². The van der Waals surface area contributed by atoms with Crippen LogP contribution < -0.4 is 10.6 Å². The summed E-state index contributed by atoms with van der Waals surface area (Å²) < 4.78 is 4.57. The zero-order valence-corrected chi connectivity index (χ0v) is 12.8. The second-order valence-corrected chi connectivity index (χ2v) is 4.95. The number of para-hydroxylation sites is 1. The molecule has 0 fully saturated rings. The molecule has 2 rings (SSSR count). The van der Waals surface area contributed by atoms with Crippen LogP contribution in [0, 0.1) is 11.3 Å². The molecule has 0 saturated carbocycles. The number of hydrogen-bond acceptors (Lipinski definition) is 4. The van der Waals surface area contributed by atoms with Crippen molar-refractivity contribution in [3.05, 3.63) is 36.0 Å². The molecule has 0 aliphatic rings. The van der Waals surface area contributed by atoms with E-state index in [9.17, 15) is 9.59 Å². The summed E-state index contributed by atoms with van der Waals surface area (Å²) in [6.45, 7) is 0.239. The molecular weight excluding hydrogens is 296 g/mol. The Morgan fingerprint density at radius 2 is 2.17 bits per heavy atom. The predicted octanol–water partition coefficient (Wildman–Crippen LogP) is 1.46. The number of ether oxygens (including phenoxy) is 1. The molecule has 120 valence electrons. The molecule has 1 aromatic carbocycles. The van der Waals surface area contributed by atoms with Crippen molar-refractivity contribution in [3.63, 3.8) is 0 Å². The number of aromatic amines is 1. The summed E-state index contributed by atoms with van der Waals surface area (Å²) in [6.07, 6.45) is 1.67. The van der Waals surface area contributed by atoms with E-state index in [1.165, 1.54) is 7.11 Å². The highest BCUT2D eigenvalue weighted by molar-refractivity contribution is 5.88. The van der Waals surface area contributed by atoms with E-state index in [-0.39, 0.29) is 18.9 Å². The van der Waals surface area contributed by atoms with Gasteiger partial charge in [0.05, 0.1) is 19.6 Å². The van der Waals surface area contributed by atoms with Gasteiger partial charge in [0.2, 0.25) is 5.91 Å². The number of alkyl carbamates (subject to hydrolysis) is 1. The Balaban J connectivity index is 2.14. The molecule has 1 atom stereocenters. The van der Waals surface area contributed by atoms with Crippen molar-refractivity contribution in [1.29, 1.82) is 5.26 Å².